The lowest BCUT2D eigenvalue weighted by atomic mass is 10.1. The Balaban J connectivity index is 1.26. The van der Waals surface area contributed by atoms with Gasteiger partial charge >= 0.3 is 0 Å². The fourth-order valence-electron chi connectivity index (χ4n) is 3.62. The highest BCUT2D eigenvalue weighted by molar-refractivity contribution is 6.06. The Bertz CT molecular complexity index is 1210. The van der Waals surface area contributed by atoms with E-state index >= 15 is 0 Å². The van der Waals surface area contributed by atoms with Crippen LogP contribution in [0.3, 0.4) is 0 Å². The number of nitrogens with one attached hydrogen (secondary N) is 2. The number of carbonyl (C=O) groups excluding carboxylic acids is 2. The molecule has 0 radical (unpaired) electrons. The molecule has 2 aromatic carbocycles. The molecule has 9 heteroatoms. The van der Waals surface area contributed by atoms with Crippen molar-refractivity contribution in [3.63, 3.8) is 0 Å². The number of para-hydroxylation sites is 2. The summed E-state index contributed by atoms with van der Waals surface area (Å²) in [4.78, 5) is 29.7. The Morgan fingerprint density at radius 2 is 1.39 bits per heavy atom. The second kappa shape index (κ2) is 9.07. The highest BCUT2D eigenvalue weighted by Gasteiger charge is 2.22. The van der Waals surface area contributed by atoms with Gasteiger partial charge in [0, 0.05) is 12.7 Å². The van der Waals surface area contributed by atoms with Gasteiger partial charge in [-0.25, -0.2) is 4.98 Å². The second-order valence-corrected chi connectivity index (χ2v) is 7.35. The summed E-state index contributed by atoms with van der Waals surface area (Å²) >= 11 is 0. The van der Waals surface area contributed by atoms with E-state index in [4.69, 9.17) is 18.9 Å². The molecule has 1 aromatic heterocycles. The molecule has 5 rings (SSSR count). The molecule has 2 aliphatic rings. The topological polar surface area (TPSA) is 108 Å². The number of ether oxygens (including phenoxy) is 4. The Kier molecular flexibility index (Phi) is 5.67. The van der Waals surface area contributed by atoms with Gasteiger partial charge in [-0.15, -0.1) is 0 Å². The van der Waals surface area contributed by atoms with Gasteiger partial charge in [0.15, 0.2) is 23.0 Å². The number of hydrogen-bond acceptors (Lipinski definition) is 7. The van der Waals surface area contributed by atoms with Gasteiger partial charge in [-0.2, -0.15) is 0 Å². The van der Waals surface area contributed by atoms with Crippen molar-refractivity contribution in [3.8, 4) is 23.0 Å². The first-order valence-electron chi connectivity index (χ1n) is 10.5. The summed E-state index contributed by atoms with van der Waals surface area (Å²) in [5.41, 5.74) is 1.54. The molecule has 0 fully saturated rings. The lowest BCUT2D eigenvalue weighted by molar-refractivity contribution is 0.0938. The molecule has 2 amide bonds. The van der Waals surface area contributed by atoms with Crippen LogP contribution in [0.1, 0.15) is 26.3 Å². The monoisotopic (exact) mass is 447 g/mol. The van der Waals surface area contributed by atoms with Crippen molar-refractivity contribution in [3.05, 3.63) is 71.4 Å². The van der Waals surface area contributed by atoms with Crippen molar-refractivity contribution in [2.75, 3.05) is 31.7 Å². The first-order chi connectivity index (χ1) is 16.2. The van der Waals surface area contributed by atoms with Crippen LogP contribution >= 0.6 is 0 Å². The number of aromatic nitrogens is 1. The van der Waals surface area contributed by atoms with E-state index < -0.39 is 0 Å². The van der Waals surface area contributed by atoms with Gasteiger partial charge in [-0.1, -0.05) is 12.1 Å². The molecule has 2 aliphatic heterocycles. The van der Waals surface area contributed by atoms with Crippen LogP contribution < -0.4 is 29.6 Å². The zero-order chi connectivity index (χ0) is 22.6. The Hall–Kier alpha value is -4.27. The van der Waals surface area contributed by atoms with Crippen LogP contribution in [0, 0.1) is 0 Å². The quantitative estimate of drug-likeness (QED) is 0.619. The van der Waals surface area contributed by atoms with Crippen LogP contribution in [-0.4, -0.2) is 43.2 Å². The SMILES string of the molecule is O=C(NCc1ccnc(NC(=O)c2cccc3c2OCCO3)c1)c1cccc2c1OCCO2. The van der Waals surface area contributed by atoms with Gasteiger partial charge in [-0.05, 0) is 42.0 Å². The van der Waals surface area contributed by atoms with Gasteiger partial charge < -0.3 is 29.6 Å². The molecule has 0 saturated heterocycles. The number of benzene rings is 2. The van der Waals surface area contributed by atoms with Crippen molar-refractivity contribution < 1.29 is 28.5 Å². The van der Waals surface area contributed by atoms with Gasteiger partial charge in [0.25, 0.3) is 11.8 Å². The third-order valence-corrected chi connectivity index (χ3v) is 5.14. The average molecular weight is 447 g/mol. The Morgan fingerprint density at radius 3 is 2.06 bits per heavy atom. The number of anilines is 1. The molecule has 2 N–H and O–H groups in total. The number of amides is 2. The van der Waals surface area contributed by atoms with Crippen LogP contribution in [0.2, 0.25) is 0 Å². The molecular weight excluding hydrogens is 426 g/mol. The minimum Gasteiger partial charge on any atom is -0.486 e. The highest BCUT2D eigenvalue weighted by atomic mass is 16.6. The van der Waals surface area contributed by atoms with Crippen LogP contribution in [0.15, 0.2) is 54.7 Å². The van der Waals surface area contributed by atoms with Crippen LogP contribution in [-0.2, 0) is 6.54 Å². The number of carbonyl (C=O) groups is 2. The highest BCUT2D eigenvalue weighted by Crippen LogP contribution is 2.34. The summed E-state index contributed by atoms with van der Waals surface area (Å²) in [6.07, 6.45) is 1.57. The summed E-state index contributed by atoms with van der Waals surface area (Å²) in [5, 5.41) is 5.64. The van der Waals surface area contributed by atoms with E-state index in [1.165, 1.54) is 0 Å². The van der Waals surface area contributed by atoms with Crippen molar-refractivity contribution in [1.82, 2.24) is 10.3 Å². The molecule has 0 saturated carbocycles. The number of pyridine rings is 1. The normalized spacial score (nSPS) is 13.7. The van der Waals surface area contributed by atoms with Crippen molar-refractivity contribution in [2.45, 2.75) is 6.54 Å². The summed E-state index contributed by atoms with van der Waals surface area (Å²) in [6, 6.07) is 13.8. The minimum atomic E-state index is -0.362. The standard InChI is InChI=1S/C24H21N3O6/c28-23(16-3-1-5-18-21(16)32-11-9-30-18)26-14-15-7-8-25-20(13-15)27-24(29)17-4-2-6-19-22(17)33-12-10-31-19/h1-8,13H,9-12,14H2,(H,26,28)(H,25,27,29). The number of hydrogen-bond donors (Lipinski definition) is 2. The maximum absolute atomic E-state index is 12.8. The van der Waals surface area contributed by atoms with Crippen LogP contribution in [0.4, 0.5) is 5.82 Å². The van der Waals surface area contributed by atoms with Gasteiger partial charge in [0.1, 0.15) is 32.2 Å². The summed E-state index contributed by atoms with van der Waals surface area (Å²) in [5.74, 6) is 1.67. The average Bonchev–Trinajstić information content (AvgIpc) is 2.87. The summed E-state index contributed by atoms with van der Waals surface area (Å²) < 4.78 is 22.3. The molecule has 9 nitrogen and oxygen atoms in total. The van der Waals surface area contributed by atoms with E-state index in [1.807, 2.05) is 0 Å². The predicted molar refractivity (Wildman–Crippen MR) is 118 cm³/mol. The zero-order valence-electron chi connectivity index (χ0n) is 17.6. The molecule has 0 unspecified atom stereocenters. The van der Waals surface area contributed by atoms with E-state index in [9.17, 15) is 9.59 Å². The number of nitrogens with zero attached hydrogens (tertiary/aromatic N) is 1. The van der Waals surface area contributed by atoms with E-state index in [0.29, 0.717) is 66.4 Å². The smallest absolute Gasteiger partial charge is 0.260 e. The lowest BCUT2D eigenvalue weighted by Crippen LogP contribution is -2.25. The van der Waals surface area contributed by atoms with Crippen molar-refractivity contribution in [2.24, 2.45) is 0 Å². The minimum absolute atomic E-state index is 0.242. The fraction of sp³-hybridized carbons (Fsp3) is 0.208. The first kappa shape index (κ1) is 20.6. The van der Waals surface area contributed by atoms with E-state index in [0.717, 1.165) is 5.56 Å². The predicted octanol–water partition coefficient (Wildman–Crippen LogP) is 2.81. The van der Waals surface area contributed by atoms with Crippen LogP contribution in [0.25, 0.3) is 0 Å². The van der Waals surface area contributed by atoms with E-state index in [-0.39, 0.29) is 18.4 Å². The lowest BCUT2D eigenvalue weighted by Gasteiger charge is -2.20. The maximum atomic E-state index is 12.8. The third kappa shape index (κ3) is 4.38. The first-order valence-corrected chi connectivity index (χ1v) is 10.5. The van der Waals surface area contributed by atoms with Gasteiger partial charge in [-0.3, -0.25) is 9.59 Å². The molecule has 0 aliphatic carbocycles. The fourth-order valence-corrected chi connectivity index (χ4v) is 3.62. The number of rotatable bonds is 5. The molecule has 0 spiro atoms. The van der Waals surface area contributed by atoms with Gasteiger partial charge in [0.2, 0.25) is 0 Å². The second-order valence-electron chi connectivity index (χ2n) is 7.35. The van der Waals surface area contributed by atoms with Crippen molar-refractivity contribution in [1.29, 1.82) is 0 Å². The van der Waals surface area contributed by atoms with Gasteiger partial charge in [0.05, 0.1) is 11.1 Å². The molecule has 33 heavy (non-hydrogen) atoms. The largest absolute Gasteiger partial charge is 0.486 e. The van der Waals surface area contributed by atoms with E-state index in [1.54, 1.807) is 54.7 Å². The van der Waals surface area contributed by atoms with Crippen LogP contribution in [0.5, 0.6) is 23.0 Å². The van der Waals surface area contributed by atoms with Crippen molar-refractivity contribution >= 4 is 17.6 Å². The molecular formula is C24H21N3O6. The number of fused-ring (bicyclic) bond motifs is 2. The Labute approximate surface area is 189 Å². The third-order valence-electron chi connectivity index (χ3n) is 5.14. The molecule has 3 aromatic rings. The molecule has 0 bridgehead atoms. The van der Waals surface area contributed by atoms with E-state index in [2.05, 4.69) is 15.6 Å². The molecule has 3 heterocycles. The summed E-state index contributed by atoms with van der Waals surface area (Å²) in [7, 11) is 0. The maximum Gasteiger partial charge on any atom is 0.260 e. The Morgan fingerprint density at radius 1 is 0.788 bits per heavy atom. The zero-order valence-corrected chi connectivity index (χ0v) is 17.6. The molecule has 168 valence electrons. The summed E-state index contributed by atoms with van der Waals surface area (Å²) in [6.45, 7) is 1.91. The molecule has 0 atom stereocenters.